The summed E-state index contributed by atoms with van der Waals surface area (Å²) in [5.74, 6) is -0.174. The SMILES string of the molecule is CC(C)N(C)S(=O)(=O)c1cccc(C(=O)N2c3ccccc3C[C@@H]2C)c1. The highest BCUT2D eigenvalue weighted by molar-refractivity contribution is 7.89. The smallest absolute Gasteiger partial charge is 0.258 e. The average molecular weight is 372 g/mol. The minimum absolute atomic E-state index is 0.0403. The number of carbonyl (C=O) groups excluding carboxylic acids is 1. The lowest BCUT2D eigenvalue weighted by molar-refractivity contribution is 0.0981. The van der Waals surface area contributed by atoms with Crippen molar-refractivity contribution in [2.24, 2.45) is 0 Å². The first-order valence-corrected chi connectivity index (χ1v) is 10.2. The Bertz CT molecular complexity index is 938. The van der Waals surface area contributed by atoms with Crippen LogP contribution >= 0.6 is 0 Å². The van der Waals surface area contributed by atoms with Crippen molar-refractivity contribution in [3.8, 4) is 0 Å². The van der Waals surface area contributed by atoms with Gasteiger partial charge in [0.25, 0.3) is 5.91 Å². The zero-order valence-corrected chi connectivity index (χ0v) is 16.3. The summed E-state index contributed by atoms with van der Waals surface area (Å²) in [4.78, 5) is 15.0. The van der Waals surface area contributed by atoms with Gasteiger partial charge in [0.05, 0.1) is 4.90 Å². The summed E-state index contributed by atoms with van der Waals surface area (Å²) in [7, 11) is -2.08. The molecule has 0 bridgehead atoms. The van der Waals surface area contributed by atoms with Gasteiger partial charge in [-0.3, -0.25) is 4.79 Å². The Labute approximate surface area is 155 Å². The molecule has 2 aromatic carbocycles. The van der Waals surface area contributed by atoms with E-state index in [2.05, 4.69) is 0 Å². The molecule has 0 aromatic heterocycles. The molecule has 1 heterocycles. The minimum Gasteiger partial charge on any atom is -0.305 e. The Hall–Kier alpha value is -2.18. The highest BCUT2D eigenvalue weighted by Crippen LogP contribution is 2.33. The molecule has 138 valence electrons. The summed E-state index contributed by atoms with van der Waals surface area (Å²) >= 11 is 0. The number of amides is 1. The van der Waals surface area contributed by atoms with Crippen LogP contribution in [0.15, 0.2) is 53.4 Å². The van der Waals surface area contributed by atoms with E-state index in [1.807, 2.05) is 45.0 Å². The first-order valence-electron chi connectivity index (χ1n) is 8.73. The molecule has 1 aliphatic heterocycles. The van der Waals surface area contributed by atoms with Crippen molar-refractivity contribution in [2.75, 3.05) is 11.9 Å². The number of para-hydroxylation sites is 1. The standard InChI is InChI=1S/C20H24N2O3S/c1-14(2)21(4)26(24,25)18-10-7-9-17(13-18)20(23)22-15(3)12-16-8-5-6-11-19(16)22/h5-11,13-15H,12H2,1-4H3/t15-/m0/s1. The van der Waals surface area contributed by atoms with Crippen LogP contribution in [0.25, 0.3) is 0 Å². The summed E-state index contributed by atoms with van der Waals surface area (Å²) in [5.41, 5.74) is 2.42. The highest BCUT2D eigenvalue weighted by atomic mass is 32.2. The second kappa shape index (κ2) is 6.85. The number of carbonyl (C=O) groups is 1. The molecular weight excluding hydrogens is 348 g/mol. The van der Waals surface area contributed by atoms with Crippen LogP contribution in [-0.2, 0) is 16.4 Å². The van der Waals surface area contributed by atoms with E-state index < -0.39 is 10.0 Å². The summed E-state index contributed by atoms with van der Waals surface area (Å²) in [5, 5.41) is 0. The lowest BCUT2D eigenvalue weighted by Gasteiger charge is -2.24. The number of hydrogen-bond acceptors (Lipinski definition) is 3. The van der Waals surface area contributed by atoms with Crippen molar-refractivity contribution < 1.29 is 13.2 Å². The van der Waals surface area contributed by atoms with Crippen LogP contribution in [0.3, 0.4) is 0 Å². The van der Waals surface area contributed by atoms with E-state index in [9.17, 15) is 13.2 Å². The van der Waals surface area contributed by atoms with Gasteiger partial charge in [-0.2, -0.15) is 4.31 Å². The number of fused-ring (bicyclic) bond motifs is 1. The molecule has 26 heavy (non-hydrogen) atoms. The molecule has 2 aromatic rings. The van der Waals surface area contributed by atoms with Gasteiger partial charge in [-0.05, 0) is 57.0 Å². The van der Waals surface area contributed by atoms with Crippen LogP contribution in [0.1, 0.15) is 36.7 Å². The predicted molar refractivity (Wildman–Crippen MR) is 103 cm³/mol. The molecule has 0 saturated heterocycles. The van der Waals surface area contributed by atoms with Gasteiger partial charge in [0.2, 0.25) is 10.0 Å². The fourth-order valence-corrected chi connectivity index (χ4v) is 4.66. The maximum Gasteiger partial charge on any atom is 0.258 e. The van der Waals surface area contributed by atoms with Gasteiger partial charge in [-0.15, -0.1) is 0 Å². The van der Waals surface area contributed by atoms with E-state index in [0.29, 0.717) is 5.56 Å². The molecule has 3 rings (SSSR count). The van der Waals surface area contributed by atoms with Gasteiger partial charge in [-0.25, -0.2) is 8.42 Å². The van der Waals surface area contributed by atoms with E-state index in [4.69, 9.17) is 0 Å². The average Bonchev–Trinajstić information content (AvgIpc) is 2.96. The number of benzene rings is 2. The Morgan fingerprint density at radius 3 is 2.54 bits per heavy atom. The topological polar surface area (TPSA) is 57.7 Å². The molecule has 0 aliphatic carbocycles. The fraction of sp³-hybridized carbons (Fsp3) is 0.350. The molecule has 1 atom stereocenters. The lowest BCUT2D eigenvalue weighted by atomic mass is 10.1. The van der Waals surface area contributed by atoms with Crippen molar-refractivity contribution in [3.05, 3.63) is 59.7 Å². The van der Waals surface area contributed by atoms with Gasteiger partial charge in [0.1, 0.15) is 0 Å². The number of nitrogens with zero attached hydrogens (tertiary/aromatic N) is 2. The predicted octanol–water partition coefficient (Wildman–Crippen LogP) is 3.31. The third-order valence-corrected chi connectivity index (χ3v) is 6.94. The van der Waals surface area contributed by atoms with E-state index in [1.165, 1.54) is 16.4 Å². The number of rotatable bonds is 4. The summed E-state index contributed by atoms with van der Waals surface area (Å²) in [6, 6.07) is 14.0. The fourth-order valence-electron chi connectivity index (χ4n) is 3.25. The van der Waals surface area contributed by atoms with Gasteiger partial charge < -0.3 is 4.90 Å². The minimum atomic E-state index is -3.63. The molecule has 0 unspecified atom stereocenters. The first-order chi connectivity index (χ1) is 12.2. The normalized spacial score (nSPS) is 17.0. The van der Waals surface area contributed by atoms with Crippen LogP contribution in [0, 0.1) is 0 Å². The van der Waals surface area contributed by atoms with E-state index >= 15 is 0 Å². The zero-order valence-electron chi connectivity index (χ0n) is 15.5. The van der Waals surface area contributed by atoms with E-state index in [-0.39, 0.29) is 22.9 Å². The largest absolute Gasteiger partial charge is 0.305 e. The summed E-state index contributed by atoms with van der Waals surface area (Å²) in [6.45, 7) is 5.63. The van der Waals surface area contributed by atoms with Gasteiger partial charge in [-0.1, -0.05) is 24.3 Å². The molecule has 1 aliphatic rings. The second-order valence-corrected chi connectivity index (χ2v) is 9.00. The summed E-state index contributed by atoms with van der Waals surface area (Å²) < 4.78 is 26.8. The number of sulfonamides is 1. The van der Waals surface area contributed by atoms with Crippen LogP contribution in [0.5, 0.6) is 0 Å². The number of anilines is 1. The maximum absolute atomic E-state index is 13.1. The Balaban J connectivity index is 1.98. The number of hydrogen-bond donors (Lipinski definition) is 0. The molecular formula is C20H24N2O3S. The second-order valence-electron chi connectivity index (χ2n) is 7.00. The van der Waals surface area contributed by atoms with Crippen molar-refractivity contribution in [1.29, 1.82) is 0 Å². The molecule has 6 heteroatoms. The van der Waals surface area contributed by atoms with Crippen LogP contribution < -0.4 is 4.90 Å². The Morgan fingerprint density at radius 2 is 1.85 bits per heavy atom. The molecule has 0 saturated carbocycles. The van der Waals surface area contributed by atoms with Gasteiger partial charge in [0, 0.05) is 30.4 Å². The van der Waals surface area contributed by atoms with Crippen molar-refractivity contribution in [1.82, 2.24) is 4.31 Å². The van der Waals surface area contributed by atoms with E-state index in [0.717, 1.165) is 17.7 Å². The Morgan fingerprint density at radius 1 is 1.15 bits per heavy atom. The van der Waals surface area contributed by atoms with Gasteiger partial charge in [0.15, 0.2) is 0 Å². The third kappa shape index (κ3) is 3.15. The van der Waals surface area contributed by atoms with E-state index in [1.54, 1.807) is 24.1 Å². The maximum atomic E-state index is 13.1. The van der Waals surface area contributed by atoms with Crippen molar-refractivity contribution >= 4 is 21.6 Å². The van der Waals surface area contributed by atoms with Crippen LogP contribution in [-0.4, -0.2) is 37.8 Å². The monoisotopic (exact) mass is 372 g/mol. The van der Waals surface area contributed by atoms with Crippen LogP contribution in [0.4, 0.5) is 5.69 Å². The molecule has 0 spiro atoms. The Kier molecular flexibility index (Phi) is 4.90. The molecule has 1 amide bonds. The highest BCUT2D eigenvalue weighted by Gasteiger charge is 2.32. The summed E-state index contributed by atoms with van der Waals surface area (Å²) in [6.07, 6.45) is 0.802. The van der Waals surface area contributed by atoms with Crippen molar-refractivity contribution in [3.63, 3.8) is 0 Å². The first kappa shape index (κ1) is 18.6. The molecule has 0 fully saturated rings. The van der Waals surface area contributed by atoms with Gasteiger partial charge >= 0.3 is 0 Å². The molecule has 0 N–H and O–H groups in total. The molecule has 0 radical (unpaired) electrons. The third-order valence-electron chi connectivity index (χ3n) is 4.91. The zero-order chi connectivity index (χ0) is 19.1. The quantitative estimate of drug-likeness (QED) is 0.827. The van der Waals surface area contributed by atoms with Crippen LogP contribution in [0.2, 0.25) is 0 Å². The molecule has 5 nitrogen and oxygen atoms in total. The lowest BCUT2D eigenvalue weighted by Crippen LogP contribution is -2.36. The van der Waals surface area contributed by atoms with Crippen molar-refractivity contribution in [2.45, 2.75) is 44.2 Å².